The SMILES string of the molecule is COc1cc(OC)c(-c2coc3cc(OC4OC(COC5OCC(O)(CO)C5O)C(O)C(O)C4O)c(OC)cc3c2=O)cc1OC. The molecule has 0 saturated carbocycles. The van der Waals surface area contributed by atoms with E-state index in [9.17, 15) is 35.4 Å². The maximum atomic E-state index is 13.7. The van der Waals surface area contributed by atoms with Crippen LogP contribution in [0.15, 0.2) is 39.7 Å². The summed E-state index contributed by atoms with van der Waals surface area (Å²) in [5.41, 5.74) is -1.76. The topological polar surface area (TPSA) is 225 Å². The first-order chi connectivity index (χ1) is 22.0. The molecule has 8 atom stereocenters. The van der Waals surface area contributed by atoms with Gasteiger partial charge in [-0.1, -0.05) is 0 Å². The van der Waals surface area contributed by atoms with Crippen molar-refractivity contribution in [3.8, 4) is 39.9 Å². The predicted molar refractivity (Wildman–Crippen MR) is 155 cm³/mol. The number of aliphatic hydroxyl groups is 6. The van der Waals surface area contributed by atoms with E-state index in [2.05, 4.69) is 0 Å². The van der Waals surface area contributed by atoms with Crippen LogP contribution in [0.1, 0.15) is 0 Å². The molecule has 2 saturated heterocycles. The molecule has 0 amide bonds. The summed E-state index contributed by atoms with van der Waals surface area (Å²) in [5.74, 6) is 1.10. The van der Waals surface area contributed by atoms with Gasteiger partial charge in [-0.3, -0.25) is 4.79 Å². The van der Waals surface area contributed by atoms with Crippen molar-refractivity contribution in [2.75, 3.05) is 48.3 Å². The van der Waals surface area contributed by atoms with Crippen molar-refractivity contribution in [3.63, 3.8) is 0 Å². The quantitative estimate of drug-likeness (QED) is 0.148. The summed E-state index contributed by atoms with van der Waals surface area (Å²) in [7, 11) is 5.69. The van der Waals surface area contributed by atoms with E-state index in [1.54, 1.807) is 12.1 Å². The average Bonchev–Trinajstić information content (AvgIpc) is 3.36. The molecule has 2 aromatic carbocycles. The molecule has 46 heavy (non-hydrogen) atoms. The molecule has 2 aliphatic heterocycles. The van der Waals surface area contributed by atoms with Crippen molar-refractivity contribution in [2.45, 2.75) is 48.7 Å². The molecule has 3 heterocycles. The molecule has 2 aliphatic rings. The minimum absolute atomic E-state index is 0.0375. The number of rotatable bonds is 11. The zero-order chi connectivity index (χ0) is 33.3. The first-order valence-electron chi connectivity index (χ1n) is 14.0. The van der Waals surface area contributed by atoms with Crippen molar-refractivity contribution >= 4 is 11.0 Å². The summed E-state index contributed by atoms with van der Waals surface area (Å²) < 4.78 is 49.6. The van der Waals surface area contributed by atoms with E-state index in [0.29, 0.717) is 22.8 Å². The summed E-state index contributed by atoms with van der Waals surface area (Å²) >= 11 is 0. The van der Waals surface area contributed by atoms with Gasteiger partial charge in [-0.2, -0.15) is 0 Å². The van der Waals surface area contributed by atoms with Crippen molar-refractivity contribution in [1.82, 2.24) is 0 Å². The lowest BCUT2D eigenvalue weighted by Gasteiger charge is -2.40. The highest BCUT2D eigenvalue weighted by atomic mass is 16.7. The van der Waals surface area contributed by atoms with Crippen molar-refractivity contribution in [2.24, 2.45) is 0 Å². The molecule has 8 unspecified atom stereocenters. The number of fused-ring (bicyclic) bond motifs is 1. The van der Waals surface area contributed by atoms with Gasteiger partial charge in [0.2, 0.25) is 11.7 Å². The number of aliphatic hydroxyl groups excluding tert-OH is 5. The van der Waals surface area contributed by atoms with Crippen LogP contribution >= 0.6 is 0 Å². The van der Waals surface area contributed by atoms with Gasteiger partial charge in [0.1, 0.15) is 53.7 Å². The van der Waals surface area contributed by atoms with Crippen molar-refractivity contribution in [3.05, 3.63) is 40.8 Å². The van der Waals surface area contributed by atoms with Crippen LogP contribution in [0.25, 0.3) is 22.1 Å². The van der Waals surface area contributed by atoms with Gasteiger partial charge in [-0.05, 0) is 12.1 Å². The lowest BCUT2D eigenvalue weighted by atomic mass is 9.99. The summed E-state index contributed by atoms with van der Waals surface area (Å²) in [6.07, 6.45) is -9.76. The molecular formula is C30H36O16. The Balaban J connectivity index is 1.41. The highest BCUT2D eigenvalue weighted by Gasteiger charge is 2.50. The minimum Gasteiger partial charge on any atom is -0.496 e. The highest BCUT2D eigenvalue weighted by molar-refractivity contribution is 5.86. The third kappa shape index (κ3) is 6.06. The van der Waals surface area contributed by atoms with Gasteiger partial charge in [0, 0.05) is 17.7 Å². The molecule has 0 spiro atoms. The van der Waals surface area contributed by atoms with Crippen LogP contribution < -0.4 is 29.1 Å². The van der Waals surface area contributed by atoms with Crippen LogP contribution in [0, 0.1) is 0 Å². The molecule has 0 bridgehead atoms. The number of hydrogen-bond donors (Lipinski definition) is 6. The monoisotopic (exact) mass is 652 g/mol. The van der Waals surface area contributed by atoms with E-state index in [1.807, 2.05) is 0 Å². The first kappa shape index (κ1) is 33.6. The van der Waals surface area contributed by atoms with Crippen LogP contribution in [0.4, 0.5) is 0 Å². The molecule has 5 rings (SSSR count). The van der Waals surface area contributed by atoms with Crippen molar-refractivity contribution < 1.29 is 73.0 Å². The summed E-state index contributed by atoms with van der Waals surface area (Å²) in [4.78, 5) is 13.7. The Morgan fingerprint density at radius 2 is 1.46 bits per heavy atom. The van der Waals surface area contributed by atoms with Crippen LogP contribution in [0.3, 0.4) is 0 Å². The maximum Gasteiger partial charge on any atom is 0.229 e. The van der Waals surface area contributed by atoms with Gasteiger partial charge in [-0.15, -0.1) is 0 Å². The largest absolute Gasteiger partial charge is 0.496 e. The Labute approximate surface area is 261 Å². The van der Waals surface area contributed by atoms with Gasteiger partial charge in [0.15, 0.2) is 29.3 Å². The van der Waals surface area contributed by atoms with Crippen LogP contribution in [0.2, 0.25) is 0 Å². The molecule has 16 nitrogen and oxygen atoms in total. The Kier molecular flexibility index (Phi) is 9.92. The van der Waals surface area contributed by atoms with Crippen LogP contribution in [0.5, 0.6) is 28.7 Å². The fraction of sp³-hybridized carbons (Fsp3) is 0.500. The molecule has 0 radical (unpaired) electrons. The number of methoxy groups -OCH3 is 4. The van der Waals surface area contributed by atoms with E-state index in [0.717, 1.165) is 0 Å². The lowest BCUT2D eigenvalue weighted by Crippen LogP contribution is -2.60. The molecule has 0 aliphatic carbocycles. The fourth-order valence-corrected chi connectivity index (χ4v) is 5.22. The van der Waals surface area contributed by atoms with E-state index >= 15 is 0 Å². The van der Waals surface area contributed by atoms with Crippen LogP contribution in [-0.4, -0.2) is 128 Å². The van der Waals surface area contributed by atoms with Gasteiger partial charge in [0.05, 0.1) is 59.2 Å². The molecule has 3 aromatic rings. The normalized spacial score (nSPS) is 29.5. The number of hydrogen-bond acceptors (Lipinski definition) is 16. The second kappa shape index (κ2) is 13.6. The van der Waals surface area contributed by atoms with E-state index in [-0.39, 0.29) is 28.0 Å². The smallest absolute Gasteiger partial charge is 0.229 e. The molecule has 252 valence electrons. The Hall–Kier alpha value is -3.71. The van der Waals surface area contributed by atoms with E-state index in [4.69, 9.17) is 42.3 Å². The van der Waals surface area contributed by atoms with Gasteiger partial charge < -0.3 is 73.0 Å². The minimum atomic E-state index is -1.94. The lowest BCUT2D eigenvalue weighted by molar-refractivity contribution is -0.289. The zero-order valence-electron chi connectivity index (χ0n) is 25.3. The van der Waals surface area contributed by atoms with Crippen molar-refractivity contribution in [1.29, 1.82) is 0 Å². The second-order valence-electron chi connectivity index (χ2n) is 10.7. The average molecular weight is 653 g/mol. The second-order valence-corrected chi connectivity index (χ2v) is 10.7. The van der Waals surface area contributed by atoms with E-state index < -0.39 is 74.0 Å². The predicted octanol–water partition coefficient (Wildman–Crippen LogP) is -0.862. The number of ether oxygens (including phenoxy) is 8. The highest BCUT2D eigenvalue weighted by Crippen LogP contribution is 2.41. The molecule has 6 N–H and O–H groups in total. The Bertz CT molecular complexity index is 1590. The third-order valence-electron chi connectivity index (χ3n) is 7.97. The Morgan fingerprint density at radius 1 is 0.804 bits per heavy atom. The molecular weight excluding hydrogens is 616 g/mol. The first-order valence-corrected chi connectivity index (χ1v) is 14.0. The third-order valence-corrected chi connectivity index (χ3v) is 7.97. The molecule has 2 fully saturated rings. The van der Waals surface area contributed by atoms with E-state index in [1.165, 1.54) is 46.8 Å². The molecule has 1 aromatic heterocycles. The summed E-state index contributed by atoms with van der Waals surface area (Å²) in [6, 6.07) is 5.86. The summed E-state index contributed by atoms with van der Waals surface area (Å²) in [5, 5.41) is 61.5. The summed E-state index contributed by atoms with van der Waals surface area (Å²) in [6.45, 7) is -1.66. The zero-order valence-corrected chi connectivity index (χ0v) is 25.3. The van der Waals surface area contributed by atoms with Gasteiger partial charge >= 0.3 is 0 Å². The van der Waals surface area contributed by atoms with Gasteiger partial charge in [-0.25, -0.2) is 0 Å². The fourth-order valence-electron chi connectivity index (χ4n) is 5.22. The van der Waals surface area contributed by atoms with Crippen LogP contribution in [-0.2, 0) is 14.2 Å². The maximum absolute atomic E-state index is 13.7. The number of benzene rings is 2. The molecule has 16 heteroatoms. The standard InChI is InChI=1S/C30H36O16/c1-38-16-7-20(41-4)18(39-2)5-13(16)15-9-42-17-8-21(19(40-3)6-14(17)23(15)32)45-28-26(35)25(34)24(33)22(46-28)10-43-29-27(36)30(37,11-31)12-44-29/h5-9,22,24-29,31,33-37H,10-12H2,1-4H3. The Morgan fingerprint density at radius 3 is 2.09 bits per heavy atom. The van der Waals surface area contributed by atoms with Gasteiger partial charge in [0.25, 0.3) is 0 Å².